The number of thiophene rings is 1. The first-order chi connectivity index (χ1) is 9.19. The molecule has 1 heterocycles. The minimum Gasteiger partial charge on any atom is -0.487 e. The number of aliphatic hydroxyl groups is 1. The number of hydrogen-bond acceptors (Lipinski definition) is 3. The van der Waals surface area contributed by atoms with Crippen molar-refractivity contribution in [2.45, 2.75) is 6.61 Å². The van der Waals surface area contributed by atoms with Gasteiger partial charge in [-0.15, -0.1) is 11.3 Å². The summed E-state index contributed by atoms with van der Waals surface area (Å²) in [7, 11) is 0. The molecule has 0 saturated heterocycles. The van der Waals surface area contributed by atoms with Gasteiger partial charge in [-0.05, 0) is 30.3 Å². The standard InChI is InChI=1S/C14H10Cl2O2S/c15-10-3-6-14(13(16)8-10)18-9-12-5-4-11(19-12)2-1-7-17/h3-6,8,17H,7,9H2. The Morgan fingerprint density at radius 1 is 1.21 bits per heavy atom. The molecule has 0 atom stereocenters. The molecule has 0 radical (unpaired) electrons. The average molecular weight is 313 g/mol. The Kier molecular flexibility index (Phi) is 5.12. The van der Waals surface area contributed by atoms with E-state index in [2.05, 4.69) is 11.8 Å². The van der Waals surface area contributed by atoms with Crippen LogP contribution in [0.2, 0.25) is 10.0 Å². The van der Waals surface area contributed by atoms with Gasteiger partial charge in [0.05, 0.1) is 9.90 Å². The molecule has 19 heavy (non-hydrogen) atoms. The van der Waals surface area contributed by atoms with Gasteiger partial charge in [-0.2, -0.15) is 0 Å². The lowest BCUT2D eigenvalue weighted by atomic mass is 10.3. The van der Waals surface area contributed by atoms with Gasteiger partial charge in [-0.3, -0.25) is 0 Å². The monoisotopic (exact) mass is 312 g/mol. The predicted octanol–water partition coefficient (Wildman–Crippen LogP) is 3.98. The van der Waals surface area contributed by atoms with Crippen LogP contribution in [0.1, 0.15) is 9.75 Å². The topological polar surface area (TPSA) is 29.5 Å². The summed E-state index contributed by atoms with van der Waals surface area (Å²) in [5.74, 6) is 6.06. The molecule has 5 heteroatoms. The molecule has 2 aromatic rings. The van der Waals surface area contributed by atoms with Crippen LogP contribution in [0.25, 0.3) is 0 Å². The van der Waals surface area contributed by atoms with Crippen LogP contribution in [-0.2, 0) is 6.61 Å². The van der Waals surface area contributed by atoms with Crippen LogP contribution >= 0.6 is 34.5 Å². The maximum absolute atomic E-state index is 8.62. The van der Waals surface area contributed by atoms with Gasteiger partial charge in [0, 0.05) is 9.90 Å². The van der Waals surface area contributed by atoms with E-state index in [1.165, 1.54) is 11.3 Å². The number of ether oxygens (including phenoxy) is 1. The molecule has 0 saturated carbocycles. The van der Waals surface area contributed by atoms with E-state index in [1.807, 2.05) is 12.1 Å². The van der Waals surface area contributed by atoms with Crippen LogP contribution < -0.4 is 4.74 Å². The highest BCUT2D eigenvalue weighted by Gasteiger charge is 2.04. The molecule has 0 fully saturated rings. The summed E-state index contributed by atoms with van der Waals surface area (Å²) in [6, 6.07) is 8.95. The maximum atomic E-state index is 8.62. The van der Waals surface area contributed by atoms with Gasteiger partial charge in [0.25, 0.3) is 0 Å². The van der Waals surface area contributed by atoms with Crippen molar-refractivity contribution in [3.05, 3.63) is 50.1 Å². The summed E-state index contributed by atoms with van der Waals surface area (Å²) in [4.78, 5) is 1.93. The highest BCUT2D eigenvalue weighted by Crippen LogP contribution is 2.28. The van der Waals surface area contributed by atoms with Crippen LogP contribution in [0.5, 0.6) is 5.75 Å². The summed E-state index contributed by atoms with van der Waals surface area (Å²) in [6.45, 7) is 0.289. The third-order valence-electron chi connectivity index (χ3n) is 2.22. The molecule has 1 N–H and O–H groups in total. The number of halogens is 2. The molecule has 2 nitrogen and oxygen atoms in total. The molecule has 0 amide bonds. The lowest BCUT2D eigenvalue weighted by Gasteiger charge is -2.06. The molecule has 98 valence electrons. The number of benzene rings is 1. The molecule has 0 aliphatic rings. The quantitative estimate of drug-likeness (QED) is 0.869. The van der Waals surface area contributed by atoms with Crippen molar-refractivity contribution in [2.75, 3.05) is 6.61 Å². The minimum atomic E-state index is -0.135. The van der Waals surface area contributed by atoms with Gasteiger partial charge >= 0.3 is 0 Å². The van der Waals surface area contributed by atoms with Crippen LogP contribution in [0, 0.1) is 11.8 Å². The van der Waals surface area contributed by atoms with Crippen LogP contribution in [0.3, 0.4) is 0 Å². The zero-order chi connectivity index (χ0) is 13.7. The number of hydrogen-bond donors (Lipinski definition) is 1. The third-order valence-corrected chi connectivity index (χ3v) is 3.72. The second kappa shape index (κ2) is 6.83. The number of aliphatic hydroxyl groups excluding tert-OH is 1. The fourth-order valence-electron chi connectivity index (χ4n) is 1.39. The summed E-state index contributed by atoms with van der Waals surface area (Å²) < 4.78 is 5.62. The fourth-order valence-corrected chi connectivity index (χ4v) is 2.65. The van der Waals surface area contributed by atoms with Crippen molar-refractivity contribution in [1.29, 1.82) is 0 Å². The van der Waals surface area contributed by atoms with Gasteiger partial charge < -0.3 is 9.84 Å². The molecule has 0 aliphatic carbocycles. The highest BCUT2D eigenvalue weighted by molar-refractivity contribution is 7.12. The Morgan fingerprint density at radius 3 is 2.79 bits per heavy atom. The second-order valence-electron chi connectivity index (χ2n) is 3.59. The zero-order valence-electron chi connectivity index (χ0n) is 9.82. The molecule has 0 spiro atoms. The van der Waals surface area contributed by atoms with Crippen molar-refractivity contribution < 1.29 is 9.84 Å². The summed E-state index contributed by atoms with van der Waals surface area (Å²) in [6.07, 6.45) is 0. The van der Waals surface area contributed by atoms with E-state index in [0.717, 1.165) is 9.75 Å². The fraction of sp³-hybridized carbons (Fsp3) is 0.143. The number of rotatable bonds is 3. The zero-order valence-corrected chi connectivity index (χ0v) is 12.1. The predicted molar refractivity (Wildman–Crippen MR) is 79.1 cm³/mol. The van der Waals surface area contributed by atoms with Crippen LogP contribution in [0.15, 0.2) is 30.3 Å². The molecule has 0 unspecified atom stereocenters. The van der Waals surface area contributed by atoms with E-state index in [-0.39, 0.29) is 6.61 Å². The van der Waals surface area contributed by atoms with E-state index >= 15 is 0 Å². The average Bonchev–Trinajstić information content (AvgIpc) is 2.83. The molecule has 2 rings (SSSR count). The van der Waals surface area contributed by atoms with E-state index in [0.29, 0.717) is 22.4 Å². The van der Waals surface area contributed by atoms with Gasteiger partial charge in [0.2, 0.25) is 0 Å². The Morgan fingerprint density at radius 2 is 2.05 bits per heavy atom. The van der Waals surface area contributed by atoms with E-state index in [1.54, 1.807) is 18.2 Å². The first-order valence-electron chi connectivity index (χ1n) is 5.45. The first kappa shape index (κ1) is 14.2. The van der Waals surface area contributed by atoms with Crippen LogP contribution in [-0.4, -0.2) is 11.7 Å². The minimum absolute atomic E-state index is 0.135. The van der Waals surface area contributed by atoms with Gasteiger partial charge in [0.15, 0.2) is 0 Å². The van der Waals surface area contributed by atoms with Crippen molar-refractivity contribution >= 4 is 34.5 Å². The van der Waals surface area contributed by atoms with E-state index in [4.69, 9.17) is 33.0 Å². The van der Waals surface area contributed by atoms with Crippen molar-refractivity contribution in [3.63, 3.8) is 0 Å². The second-order valence-corrected chi connectivity index (χ2v) is 5.60. The Hall–Kier alpha value is -1.18. The first-order valence-corrected chi connectivity index (χ1v) is 7.02. The third kappa shape index (κ3) is 4.15. The van der Waals surface area contributed by atoms with E-state index in [9.17, 15) is 0 Å². The van der Waals surface area contributed by atoms with E-state index < -0.39 is 0 Å². The Balaban J connectivity index is 2.00. The van der Waals surface area contributed by atoms with Gasteiger partial charge in [-0.1, -0.05) is 35.0 Å². The smallest absolute Gasteiger partial charge is 0.138 e. The van der Waals surface area contributed by atoms with Gasteiger partial charge in [-0.25, -0.2) is 0 Å². The SMILES string of the molecule is OCC#Cc1ccc(COc2ccc(Cl)cc2Cl)s1. The molecule has 1 aromatic heterocycles. The Labute approximate surface area is 125 Å². The normalized spacial score (nSPS) is 9.84. The Bertz CT molecular complexity index is 626. The molecule has 1 aromatic carbocycles. The molecular formula is C14H10Cl2O2S. The lowest BCUT2D eigenvalue weighted by Crippen LogP contribution is -1.93. The molecule has 0 bridgehead atoms. The summed E-state index contributed by atoms with van der Waals surface area (Å²) in [5, 5.41) is 9.69. The van der Waals surface area contributed by atoms with Crippen LogP contribution in [0.4, 0.5) is 0 Å². The molecule has 0 aliphatic heterocycles. The van der Waals surface area contributed by atoms with Crippen molar-refractivity contribution in [1.82, 2.24) is 0 Å². The summed E-state index contributed by atoms with van der Waals surface area (Å²) in [5.41, 5.74) is 0. The maximum Gasteiger partial charge on any atom is 0.138 e. The largest absolute Gasteiger partial charge is 0.487 e. The lowest BCUT2D eigenvalue weighted by molar-refractivity contribution is 0.310. The van der Waals surface area contributed by atoms with Crippen molar-refractivity contribution in [3.8, 4) is 17.6 Å². The van der Waals surface area contributed by atoms with Gasteiger partial charge in [0.1, 0.15) is 19.0 Å². The van der Waals surface area contributed by atoms with Crippen molar-refractivity contribution in [2.24, 2.45) is 0 Å². The summed E-state index contributed by atoms with van der Waals surface area (Å²) >= 11 is 13.3. The highest BCUT2D eigenvalue weighted by atomic mass is 35.5. The molecular weight excluding hydrogens is 303 g/mol.